The lowest BCUT2D eigenvalue weighted by Gasteiger charge is -2.04. The van der Waals surface area contributed by atoms with E-state index in [1.54, 1.807) is 23.6 Å². The summed E-state index contributed by atoms with van der Waals surface area (Å²) in [5.41, 5.74) is 2.39. The number of rotatable bonds is 6. The Labute approximate surface area is 159 Å². The van der Waals surface area contributed by atoms with Gasteiger partial charge in [0, 0.05) is 10.9 Å². The van der Waals surface area contributed by atoms with Crippen molar-refractivity contribution >= 4 is 45.5 Å². The highest BCUT2D eigenvalue weighted by atomic mass is 35.5. The van der Waals surface area contributed by atoms with Crippen LogP contribution >= 0.6 is 22.9 Å². The third-order valence-electron chi connectivity index (χ3n) is 3.54. The quantitative estimate of drug-likeness (QED) is 0.482. The molecule has 0 fully saturated rings. The summed E-state index contributed by atoms with van der Waals surface area (Å²) in [7, 11) is 0. The molecule has 0 saturated carbocycles. The highest BCUT2D eigenvalue weighted by Crippen LogP contribution is 2.26. The number of ether oxygens (including phenoxy) is 1. The number of hydrogen-bond donors (Lipinski definition) is 1. The lowest BCUT2D eigenvalue weighted by atomic mass is 10.1. The molecule has 0 bridgehead atoms. The first-order chi connectivity index (χ1) is 12.5. The molecule has 132 valence electrons. The van der Waals surface area contributed by atoms with Gasteiger partial charge in [0.05, 0.1) is 10.7 Å². The van der Waals surface area contributed by atoms with Crippen LogP contribution in [0.5, 0.6) is 0 Å². The maximum atomic E-state index is 12.1. The summed E-state index contributed by atoms with van der Waals surface area (Å²) in [6.07, 6.45) is 0. The summed E-state index contributed by atoms with van der Waals surface area (Å²) in [5, 5.41) is 5.67. The Bertz CT molecular complexity index is 938. The largest absolute Gasteiger partial charge is 0.453 e. The number of carbonyl (C=O) groups excluding carboxylic acids is 2. The monoisotopic (exact) mass is 386 g/mol. The van der Waals surface area contributed by atoms with Gasteiger partial charge in [-0.05, 0) is 19.1 Å². The number of nitrogens with zero attached hydrogens (tertiary/aromatic N) is 1. The summed E-state index contributed by atoms with van der Waals surface area (Å²) in [6, 6.07) is 14.3. The molecular weight excluding hydrogens is 372 g/mol. The first-order valence-corrected chi connectivity index (χ1v) is 9.03. The molecule has 0 atom stereocenters. The Morgan fingerprint density at radius 3 is 2.62 bits per heavy atom. The maximum absolute atomic E-state index is 12.1. The van der Waals surface area contributed by atoms with Crippen molar-refractivity contribution in [2.75, 3.05) is 11.9 Å². The van der Waals surface area contributed by atoms with Crippen molar-refractivity contribution in [3.05, 3.63) is 75.8 Å². The lowest BCUT2D eigenvalue weighted by molar-refractivity contribution is 0.0470. The van der Waals surface area contributed by atoms with Gasteiger partial charge in [0.2, 0.25) is 0 Å². The minimum absolute atomic E-state index is 0.140. The second kappa shape index (κ2) is 8.12. The van der Waals surface area contributed by atoms with Gasteiger partial charge < -0.3 is 10.1 Å². The second-order valence-electron chi connectivity index (χ2n) is 5.51. The van der Waals surface area contributed by atoms with Crippen LogP contribution in [0.25, 0.3) is 0 Å². The molecule has 3 aromatic rings. The fraction of sp³-hybridized carbons (Fsp3) is 0.105. The number of ketones is 1. The fourth-order valence-electron chi connectivity index (χ4n) is 2.13. The van der Waals surface area contributed by atoms with Crippen LogP contribution in [-0.2, 0) is 4.74 Å². The molecule has 1 N–H and O–H groups in total. The number of benzene rings is 2. The zero-order valence-corrected chi connectivity index (χ0v) is 15.4. The molecule has 0 amide bonds. The predicted molar refractivity (Wildman–Crippen MR) is 103 cm³/mol. The van der Waals surface area contributed by atoms with E-state index >= 15 is 0 Å². The van der Waals surface area contributed by atoms with E-state index in [-0.39, 0.29) is 18.1 Å². The van der Waals surface area contributed by atoms with E-state index in [1.807, 2.05) is 37.3 Å². The van der Waals surface area contributed by atoms with E-state index < -0.39 is 5.97 Å². The first-order valence-electron chi connectivity index (χ1n) is 7.77. The van der Waals surface area contributed by atoms with Gasteiger partial charge in [-0.25, -0.2) is 9.78 Å². The van der Waals surface area contributed by atoms with Gasteiger partial charge in [0.15, 0.2) is 23.2 Å². The zero-order valence-electron chi connectivity index (χ0n) is 13.9. The van der Waals surface area contributed by atoms with Crippen molar-refractivity contribution < 1.29 is 14.3 Å². The number of halogens is 1. The van der Waals surface area contributed by atoms with Crippen LogP contribution in [0.2, 0.25) is 5.02 Å². The fourth-order valence-corrected chi connectivity index (χ4v) is 3.01. The average Bonchev–Trinajstić information content (AvgIpc) is 3.10. The van der Waals surface area contributed by atoms with Crippen molar-refractivity contribution in [3.63, 3.8) is 0 Å². The number of aryl methyl sites for hydroxylation is 1. The van der Waals surface area contributed by atoms with Crippen LogP contribution in [0, 0.1) is 6.92 Å². The Hall–Kier alpha value is -2.70. The summed E-state index contributed by atoms with van der Waals surface area (Å²) in [6.45, 7) is 1.61. The van der Waals surface area contributed by atoms with Crippen LogP contribution in [0.4, 0.5) is 10.8 Å². The number of Topliss-reactive ketones (excluding diaryl/α,β-unsaturated/α-hetero) is 1. The molecule has 7 heteroatoms. The highest BCUT2D eigenvalue weighted by molar-refractivity contribution is 7.14. The van der Waals surface area contributed by atoms with Gasteiger partial charge in [-0.3, -0.25) is 4.79 Å². The first kappa shape index (κ1) is 18.1. The zero-order chi connectivity index (χ0) is 18.5. The molecule has 0 spiro atoms. The van der Waals surface area contributed by atoms with Crippen molar-refractivity contribution in [1.82, 2.24) is 4.98 Å². The maximum Gasteiger partial charge on any atom is 0.358 e. The van der Waals surface area contributed by atoms with Gasteiger partial charge in [-0.15, -0.1) is 11.3 Å². The molecule has 0 aliphatic heterocycles. The molecule has 0 radical (unpaired) electrons. The minimum Gasteiger partial charge on any atom is -0.453 e. The van der Waals surface area contributed by atoms with E-state index in [0.717, 1.165) is 5.56 Å². The molecule has 1 heterocycles. The third kappa shape index (κ3) is 4.47. The standard InChI is InChI=1S/C19H15ClN2O3S/c1-12-6-8-13(9-7-12)17(23)10-25-18(24)16-11-26-19(22-16)21-15-5-3-2-4-14(15)20/h2-9,11H,10H2,1H3,(H,21,22). The number of aromatic nitrogens is 1. The number of nitrogens with one attached hydrogen (secondary N) is 1. The number of esters is 1. The van der Waals surface area contributed by atoms with Crippen LogP contribution in [0.15, 0.2) is 53.9 Å². The molecule has 0 aliphatic carbocycles. The van der Waals surface area contributed by atoms with Gasteiger partial charge in [-0.2, -0.15) is 0 Å². The van der Waals surface area contributed by atoms with Gasteiger partial charge >= 0.3 is 5.97 Å². The summed E-state index contributed by atoms with van der Waals surface area (Å²) in [4.78, 5) is 28.3. The lowest BCUT2D eigenvalue weighted by Crippen LogP contribution is -2.14. The molecule has 0 saturated heterocycles. The Morgan fingerprint density at radius 1 is 1.15 bits per heavy atom. The Morgan fingerprint density at radius 2 is 1.88 bits per heavy atom. The molecule has 2 aromatic carbocycles. The number of hydrogen-bond acceptors (Lipinski definition) is 6. The van der Waals surface area contributed by atoms with E-state index in [1.165, 1.54) is 11.3 Å². The van der Waals surface area contributed by atoms with Crippen molar-refractivity contribution in [2.24, 2.45) is 0 Å². The predicted octanol–water partition coefficient (Wildman–Crippen LogP) is 4.89. The number of carbonyl (C=O) groups is 2. The van der Waals surface area contributed by atoms with Crippen molar-refractivity contribution in [3.8, 4) is 0 Å². The second-order valence-corrected chi connectivity index (χ2v) is 6.77. The highest BCUT2D eigenvalue weighted by Gasteiger charge is 2.15. The van der Waals surface area contributed by atoms with Crippen molar-refractivity contribution in [1.29, 1.82) is 0 Å². The number of anilines is 2. The van der Waals surface area contributed by atoms with Crippen LogP contribution in [0.1, 0.15) is 26.4 Å². The van der Waals surface area contributed by atoms with Gasteiger partial charge in [-0.1, -0.05) is 53.6 Å². The topological polar surface area (TPSA) is 68.3 Å². The Kier molecular flexibility index (Phi) is 5.65. The van der Waals surface area contributed by atoms with Gasteiger partial charge in [0.1, 0.15) is 0 Å². The average molecular weight is 387 g/mol. The normalized spacial score (nSPS) is 10.4. The molecule has 26 heavy (non-hydrogen) atoms. The molecule has 5 nitrogen and oxygen atoms in total. The van der Waals surface area contributed by atoms with E-state index in [9.17, 15) is 9.59 Å². The number of para-hydroxylation sites is 1. The molecular formula is C19H15ClN2O3S. The van der Waals surface area contributed by atoms with Crippen LogP contribution in [-0.4, -0.2) is 23.3 Å². The summed E-state index contributed by atoms with van der Waals surface area (Å²) in [5.74, 6) is -0.906. The molecule has 0 unspecified atom stereocenters. The molecule has 3 rings (SSSR count). The van der Waals surface area contributed by atoms with E-state index in [0.29, 0.717) is 21.4 Å². The van der Waals surface area contributed by atoms with Gasteiger partial charge in [0.25, 0.3) is 0 Å². The van der Waals surface area contributed by atoms with Crippen molar-refractivity contribution in [2.45, 2.75) is 6.92 Å². The summed E-state index contributed by atoms with van der Waals surface area (Å²) >= 11 is 7.33. The third-order valence-corrected chi connectivity index (χ3v) is 4.62. The molecule has 1 aromatic heterocycles. The SMILES string of the molecule is Cc1ccc(C(=O)COC(=O)c2csc(Nc3ccccc3Cl)n2)cc1. The van der Waals surface area contributed by atoms with Crippen LogP contribution < -0.4 is 5.32 Å². The smallest absolute Gasteiger partial charge is 0.358 e. The van der Waals surface area contributed by atoms with E-state index in [4.69, 9.17) is 16.3 Å². The summed E-state index contributed by atoms with van der Waals surface area (Å²) < 4.78 is 5.06. The minimum atomic E-state index is -0.645. The number of thiazole rings is 1. The van der Waals surface area contributed by atoms with Crippen LogP contribution in [0.3, 0.4) is 0 Å². The Balaban J connectivity index is 1.59. The van der Waals surface area contributed by atoms with E-state index in [2.05, 4.69) is 10.3 Å². The molecule has 0 aliphatic rings.